The van der Waals surface area contributed by atoms with Crippen LogP contribution in [0.2, 0.25) is 0 Å². The summed E-state index contributed by atoms with van der Waals surface area (Å²) in [5.74, 6) is -0.695. The predicted octanol–water partition coefficient (Wildman–Crippen LogP) is 5.43. The normalized spacial score (nSPS) is 14.5. The Labute approximate surface area is 239 Å². The van der Waals surface area contributed by atoms with Crippen LogP contribution in [-0.4, -0.2) is 43.8 Å². The topological polar surface area (TPSA) is 86.8 Å². The van der Waals surface area contributed by atoms with Crippen molar-refractivity contribution in [3.05, 3.63) is 94.5 Å². The minimum Gasteiger partial charge on any atom is -0.352 e. The van der Waals surface area contributed by atoms with E-state index in [2.05, 4.69) is 21.2 Å². The molecule has 0 spiro atoms. The molecule has 0 bridgehead atoms. The first kappa shape index (κ1) is 28.8. The largest absolute Gasteiger partial charge is 0.352 e. The van der Waals surface area contributed by atoms with Gasteiger partial charge in [0, 0.05) is 17.1 Å². The van der Waals surface area contributed by atoms with Gasteiger partial charge in [-0.3, -0.25) is 13.9 Å². The molecule has 4 rings (SSSR count). The second-order valence-corrected chi connectivity index (χ2v) is 12.7. The molecule has 0 saturated heterocycles. The summed E-state index contributed by atoms with van der Waals surface area (Å²) in [6.07, 6.45) is 4.00. The number of nitrogens with one attached hydrogen (secondary N) is 1. The molecule has 9 heteroatoms. The number of sulfonamides is 1. The first-order chi connectivity index (χ1) is 18.7. The molecule has 1 saturated carbocycles. The zero-order chi connectivity index (χ0) is 28.0. The van der Waals surface area contributed by atoms with Gasteiger partial charge in [0.2, 0.25) is 11.8 Å². The summed E-state index contributed by atoms with van der Waals surface area (Å²) in [6, 6.07) is 21.8. The van der Waals surface area contributed by atoms with E-state index in [1.165, 1.54) is 17.0 Å². The van der Waals surface area contributed by atoms with Crippen molar-refractivity contribution in [2.75, 3.05) is 10.8 Å². The maximum Gasteiger partial charge on any atom is 0.264 e. The predicted molar refractivity (Wildman–Crippen MR) is 157 cm³/mol. The molecule has 0 radical (unpaired) electrons. The highest BCUT2D eigenvalue weighted by molar-refractivity contribution is 9.10. The molecule has 1 N–H and O–H groups in total. The van der Waals surface area contributed by atoms with Crippen LogP contribution in [0, 0.1) is 6.92 Å². The number of carbonyl (C=O) groups is 2. The van der Waals surface area contributed by atoms with Gasteiger partial charge in [0.1, 0.15) is 12.6 Å². The molecule has 3 aromatic carbocycles. The lowest BCUT2D eigenvalue weighted by atomic mass is 10.1. The molecular weight excluding hydrogens is 578 g/mol. The number of carbonyl (C=O) groups excluding carboxylic acids is 2. The molecule has 0 aliphatic heterocycles. The summed E-state index contributed by atoms with van der Waals surface area (Å²) >= 11 is 3.39. The monoisotopic (exact) mass is 611 g/mol. The molecule has 1 atom stereocenters. The number of anilines is 1. The lowest BCUT2D eigenvalue weighted by molar-refractivity contribution is -0.139. The number of hydrogen-bond donors (Lipinski definition) is 1. The Balaban J connectivity index is 1.68. The highest BCUT2D eigenvalue weighted by Gasteiger charge is 2.33. The molecular formula is C30H34BrN3O4S. The summed E-state index contributed by atoms with van der Waals surface area (Å²) in [5, 5.41) is 3.09. The molecule has 206 valence electrons. The van der Waals surface area contributed by atoms with Crippen LogP contribution < -0.4 is 9.62 Å². The first-order valence-corrected chi connectivity index (χ1v) is 15.4. The Morgan fingerprint density at radius 2 is 1.56 bits per heavy atom. The van der Waals surface area contributed by atoms with Crippen molar-refractivity contribution in [3.8, 4) is 0 Å². The van der Waals surface area contributed by atoms with E-state index in [1.807, 2.05) is 31.2 Å². The zero-order valence-electron chi connectivity index (χ0n) is 22.2. The molecule has 1 fully saturated rings. The molecule has 1 aliphatic rings. The van der Waals surface area contributed by atoms with Crippen LogP contribution in [-0.2, 0) is 26.2 Å². The van der Waals surface area contributed by atoms with E-state index in [0.717, 1.165) is 45.6 Å². The molecule has 1 unspecified atom stereocenters. The summed E-state index contributed by atoms with van der Waals surface area (Å²) in [5.41, 5.74) is 2.24. The van der Waals surface area contributed by atoms with Gasteiger partial charge in [0.25, 0.3) is 10.0 Å². The number of benzene rings is 3. The van der Waals surface area contributed by atoms with Gasteiger partial charge in [-0.05, 0) is 74.2 Å². The molecule has 39 heavy (non-hydrogen) atoms. The van der Waals surface area contributed by atoms with Crippen LogP contribution in [0.5, 0.6) is 0 Å². The van der Waals surface area contributed by atoms with Crippen LogP contribution in [0.3, 0.4) is 0 Å². The summed E-state index contributed by atoms with van der Waals surface area (Å²) in [6.45, 7) is 3.39. The van der Waals surface area contributed by atoms with Crippen LogP contribution in [0.25, 0.3) is 0 Å². The number of aryl methyl sites for hydroxylation is 1. The molecule has 2 amide bonds. The zero-order valence-corrected chi connectivity index (χ0v) is 24.6. The first-order valence-electron chi connectivity index (χ1n) is 13.1. The Morgan fingerprint density at radius 3 is 2.21 bits per heavy atom. The Morgan fingerprint density at radius 1 is 0.949 bits per heavy atom. The third-order valence-corrected chi connectivity index (χ3v) is 9.51. The van der Waals surface area contributed by atoms with Gasteiger partial charge in [0.15, 0.2) is 0 Å². The Hall–Kier alpha value is -3.17. The van der Waals surface area contributed by atoms with E-state index >= 15 is 0 Å². The maximum atomic E-state index is 14.0. The standard InChI is InChI=1S/C30H34BrN3O4S/c1-22-10-6-7-11-24(22)20-33(23(2)30(36)32-26-12-8-9-13-26)29(35)21-34(27-18-16-25(31)17-19-27)39(37,38)28-14-4-3-5-15-28/h3-7,10-11,14-19,23,26H,8-9,12-13,20-21H2,1-2H3,(H,32,36). The third-order valence-electron chi connectivity index (χ3n) is 7.20. The quantitative estimate of drug-likeness (QED) is 0.331. The lowest BCUT2D eigenvalue weighted by Crippen LogP contribution is -2.52. The second kappa shape index (κ2) is 12.8. The molecule has 3 aromatic rings. The van der Waals surface area contributed by atoms with Crippen LogP contribution >= 0.6 is 15.9 Å². The average molecular weight is 613 g/mol. The van der Waals surface area contributed by atoms with E-state index < -0.39 is 28.5 Å². The van der Waals surface area contributed by atoms with Crippen molar-refractivity contribution in [3.63, 3.8) is 0 Å². The third kappa shape index (κ3) is 7.08. The van der Waals surface area contributed by atoms with Crippen molar-refractivity contribution in [2.45, 2.75) is 63.1 Å². The molecule has 0 heterocycles. The Bertz CT molecular complexity index is 1390. The SMILES string of the molecule is Cc1ccccc1CN(C(=O)CN(c1ccc(Br)cc1)S(=O)(=O)c1ccccc1)C(C)C(=O)NC1CCCC1. The fourth-order valence-corrected chi connectivity index (χ4v) is 6.50. The van der Waals surface area contributed by atoms with Crippen molar-refractivity contribution in [1.82, 2.24) is 10.2 Å². The molecule has 1 aliphatic carbocycles. The molecule has 7 nitrogen and oxygen atoms in total. The number of nitrogens with zero attached hydrogens (tertiary/aromatic N) is 2. The average Bonchev–Trinajstić information content (AvgIpc) is 3.45. The fraction of sp³-hybridized carbons (Fsp3) is 0.333. The van der Waals surface area contributed by atoms with Gasteiger partial charge in [-0.1, -0.05) is 71.2 Å². The van der Waals surface area contributed by atoms with Crippen LogP contribution in [0.15, 0.2) is 88.2 Å². The van der Waals surface area contributed by atoms with Crippen molar-refractivity contribution in [1.29, 1.82) is 0 Å². The van der Waals surface area contributed by atoms with Crippen molar-refractivity contribution >= 4 is 43.5 Å². The molecule has 0 aromatic heterocycles. The van der Waals surface area contributed by atoms with Gasteiger partial charge in [-0.2, -0.15) is 0 Å². The van der Waals surface area contributed by atoms with E-state index in [1.54, 1.807) is 49.4 Å². The van der Waals surface area contributed by atoms with Crippen molar-refractivity contribution in [2.24, 2.45) is 0 Å². The van der Waals surface area contributed by atoms with Gasteiger partial charge < -0.3 is 10.2 Å². The van der Waals surface area contributed by atoms with Gasteiger partial charge in [-0.25, -0.2) is 8.42 Å². The fourth-order valence-electron chi connectivity index (χ4n) is 4.80. The van der Waals surface area contributed by atoms with E-state index in [4.69, 9.17) is 0 Å². The highest BCUT2D eigenvalue weighted by Crippen LogP contribution is 2.26. The lowest BCUT2D eigenvalue weighted by Gasteiger charge is -2.32. The minimum absolute atomic E-state index is 0.0817. The van der Waals surface area contributed by atoms with Crippen LogP contribution in [0.4, 0.5) is 5.69 Å². The smallest absolute Gasteiger partial charge is 0.264 e. The summed E-state index contributed by atoms with van der Waals surface area (Å²) in [4.78, 5) is 28.9. The van der Waals surface area contributed by atoms with Gasteiger partial charge >= 0.3 is 0 Å². The van der Waals surface area contributed by atoms with Gasteiger partial charge in [0.05, 0.1) is 10.6 Å². The number of halogens is 1. The highest BCUT2D eigenvalue weighted by atomic mass is 79.9. The van der Waals surface area contributed by atoms with Crippen LogP contribution in [0.1, 0.15) is 43.7 Å². The second-order valence-electron chi connectivity index (χ2n) is 9.92. The number of amides is 2. The summed E-state index contributed by atoms with van der Waals surface area (Å²) in [7, 11) is -4.07. The van der Waals surface area contributed by atoms with Gasteiger partial charge in [-0.15, -0.1) is 0 Å². The number of rotatable bonds is 10. The van der Waals surface area contributed by atoms with E-state index in [9.17, 15) is 18.0 Å². The maximum absolute atomic E-state index is 14.0. The summed E-state index contributed by atoms with van der Waals surface area (Å²) < 4.78 is 29.5. The Kier molecular flexibility index (Phi) is 9.45. The number of hydrogen-bond acceptors (Lipinski definition) is 4. The van der Waals surface area contributed by atoms with Crippen molar-refractivity contribution < 1.29 is 18.0 Å². The minimum atomic E-state index is -4.07. The van der Waals surface area contributed by atoms with E-state index in [0.29, 0.717) is 5.69 Å². The van der Waals surface area contributed by atoms with E-state index in [-0.39, 0.29) is 23.4 Å².